The fourth-order valence-corrected chi connectivity index (χ4v) is 3.44. The van der Waals surface area contributed by atoms with Crippen molar-refractivity contribution in [2.45, 2.75) is 32.7 Å². The predicted octanol–water partition coefficient (Wildman–Crippen LogP) is 3.45. The zero-order chi connectivity index (χ0) is 18.2. The maximum atomic E-state index is 5.46. The van der Waals surface area contributed by atoms with Crippen LogP contribution in [0.1, 0.15) is 31.9 Å². The molecule has 0 saturated carbocycles. The third kappa shape index (κ3) is 4.94. The first-order valence-electron chi connectivity index (χ1n) is 9.67. The van der Waals surface area contributed by atoms with E-state index in [9.17, 15) is 0 Å². The molecule has 5 heteroatoms. The molecule has 2 aromatic rings. The van der Waals surface area contributed by atoms with Crippen LogP contribution in [0.25, 0.3) is 10.8 Å². The van der Waals surface area contributed by atoms with Gasteiger partial charge in [-0.2, -0.15) is 0 Å². The lowest BCUT2D eigenvalue weighted by Gasteiger charge is -2.26. The average Bonchev–Trinajstić information content (AvgIpc) is 2.70. The molecule has 140 valence electrons. The van der Waals surface area contributed by atoms with Gasteiger partial charge in [-0.05, 0) is 43.6 Å². The van der Waals surface area contributed by atoms with Crippen molar-refractivity contribution in [3.05, 3.63) is 42.2 Å². The Morgan fingerprint density at radius 3 is 2.88 bits per heavy atom. The van der Waals surface area contributed by atoms with Crippen LogP contribution in [-0.4, -0.2) is 49.2 Å². The maximum absolute atomic E-state index is 5.46. The summed E-state index contributed by atoms with van der Waals surface area (Å²) in [6, 6.07) is 10.4. The first-order valence-corrected chi connectivity index (χ1v) is 9.67. The van der Waals surface area contributed by atoms with Gasteiger partial charge in [0.2, 0.25) is 0 Å². The van der Waals surface area contributed by atoms with Crippen LogP contribution < -0.4 is 5.32 Å². The van der Waals surface area contributed by atoms with Gasteiger partial charge in [0.15, 0.2) is 5.96 Å². The number of nitrogens with zero attached hydrogens (tertiary/aromatic N) is 3. The molecule has 1 aliphatic rings. The summed E-state index contributed by atoms with van der Waals surface area (Å²) >= 11 is 0. The molecule has 1 aromatic carbocycles. The van der Waals surface area contributed by atoms with Gasteiger partial charge >= 0.3 is 0 Å². The number of guanidine groups is 1. The highest BCUT2D eigenvalue weighted by Crippen LogP contribution is 2.19. The van der Waals surface area contributed by atoms with Gasteiger partial charge in [-0.15, -0.1) is 0 Å². The van der Waals surface area contributed by atoms with Crippen molar-refractivity contribution in [1.29, 1.82) is 0 Å². The third-order valence-electron chi connectivity index (χ3n) is 5.04. The molecule has 0 amide bonds. The van der Waals surface area contributed by atoms with Gasteiger partial charge in [0.25, 0.3) is 0 Å². The molecular weight excluding hydrogens is 324 g/mol. The number of ether oxygens (including phenoxy) is 1. The van der Waals surface area contributed by atoms with Crippen LogP contribution in [-0.2, 0) is 11.3 Å². The summed E-state index contributed by atoms with van der Waals surface area (Å²) < 4.78 is 5.46. The summed E-state index contributed by atoms with van der Waals surface area (Å²) in [4.78, 5) is 11.6. The quantitative estimate of drug-likeness (QED) is 0.638. The topological polar surface area (TPSA) is 49.8 Å². The number of fused-ring (bicyclic) bond motifs is 1. The van der Waals surface area contributed by atoms with Crippen LogP contribution in [0.15, 0.2) is 41.5 Å². The number of aromatic nitrogens is 1. The fourth-order valence-electron chi connectivity index (χ4n) is 3.44. The Labute approximate surface area is 156 Å². The number of hydrogen-bond acceptors (Lipinski definition) is 3. The van der Waals surface area contributed by atoms with Gasteiger partial charge in [0, 0.05) is 44.9 Å². The summed E-state index contributed by atoms with van der Waals surface area (Å²) in [5, 5.41) is 5.81. The van der Waals surface area contributed by atoms with Crippen LogP contribution >= 0.6 is 0 Å². The number of hydrogen-bond donors (Lipinski definition) is 1. The summed E-state index contributed by atoms with van der Waals surface area (Å²) in [5.41, 5.74) is 1.02. The molecule has 0 spiro atoms. The predicted molar refractivity (Wildman–Crippen MR) is 107 cm³/mol. The molecule has 1 fully saturated rings. The zero-order valence-electron chi connectivity index (χ0n) is 15.9. The number of benzene rings is 1. The lowest BCUT2D eigenvalue weighted by atomic mass is 9.96. The second-order valence-electron chi connectivity index (χ2n) is 6.91. The van der Waals surface area contributed by atoms with Crippen LogP contribution in [0.3, 0.4) is 0 Å². The molecule has 1 aliphatic heterocycles. The van der Waals surface area contributed by atoms with Gasteiger partial charge in [-0.1, -0.05) is 24.3 Å². The molecule has 3 rings (SSSR count). The van der Waals surface area contributed by atoms with Gasteiger partial charge in [-0.3, -0.25) is 4.98 Å². The third-order valence-corrected chi connectivity index (χ3v) is 5.04. The molecule has 0 radical (unpaired) electrons. The van der Waals surface area contributed by atoms with E-state index in [0.717, 1.165) is 43.9 Å². The van der Waals surface area contributed by atoms with E-state index in [2.05, 4.69) is 53.4 Å². The van der Waals surface area contributed by atoms with Crippen molar-refractivity contribution in [3.8, 4) is 0 Å². The summed E-state index contributed by atoms with van der Waals surface area (Å²) in [6.45, 7) is 6.40. The van der Waals surface area contributed by atoms with Gasteiger partial charge in [0.1, 0.15) is 0 Å². The Hall–Kier alpha value is -2.14. The fraction of sp³-hybridized carbons (Fsp3) is 0.524. The minimum Gasteiger partial charge on any atom is -0.381 e. The maximum Gasteiger partial charge on any atom is 0.194 e. The molecule has 0 atom stereocenters. The van der Waals surface area contributed by atoms with Crippen molar-refractivity contribution in [3.63, 3.8) is 0 Å². The number of nitrogens with one attached hydrogen (secondary N) is 1. The van der Waals surface area contributed by atoms with E-state index in [-0.39, 0.29) is 0 Å². The van der Waals surface area contributed by atoms with E-state index >= 15 is 0 Å². The van der Waals surface area contributed by atoms with Gasteiger partial charge in [-0.25, -0.2) is 4.99 Å². The Morgan fingerprint density at radius 1 is 1.27 bits per heavy atom. The van der Waals surface area contributed by atoms with E-state index in [4.69, 9.17) is 9.73 Å². The summed E-state index contributed by atoms with van der Waals surface area (Å²) in [5.74, 6) is 1.73. The first kappa shape index (κ1) is 18.6. The van der Waals surface area contributed by atoms with Gasteiger partial charge < -0.3 is 15.0 Å². The van der Waals surface area contributed by atoms with E-state index in [0.29, 0.717) is 6.54 Å². The Kier molecular flexibility index (Phi) is 6.83. The minimum atomic E-state index is 0.589. The van der Waals surface area contributed by atoms with Crippen molar-refractivity contribution < 1.29 is 4.74 Å². The molecule has 0 aliphatic carbocycles. The number of rotatable bonds is 6. The minimum absolute atomic E-state index is 0.589. The van der Waals surface area contributed by atoms with Crippen LogP contribution in [0.4, 0.5) is 0 Å². The van der Waals surface area contributed by atoms with E-state index in [1.807, 2.05) is 12.3 Å². The normalized spacial score (nSPS) is 16.0. The van der Waals surface area contributed by atoms with E-state index < -0.39 is 0 Å². The first-order chi connectivity index (χ1) is 12.8. The van der Waals surface area contributed by atoms with Crippen LogP contribution in [0, 0.1) is 5.92 Å². The molecule has 1 saturated heterocycles. The lowest BCUT2D eigenvalue weighted by Crippen LogP contribution is -2.40. The number of pyridine rings is 1. The highest BCUT2D eigenvalue weighted by molar-refractivity contribution is 5.85. The highest BCUT2D eigenvalue weighted by Gasteiger charge is 2.15. The summed E-state index contributed by atoms with van der Waals surface area (Å²) in [6.07, 6.45) is 5.43. The van der Waals surface area contributed by atoms with Gasteiger partial charge in [0.05, 0.1) is 12.2 Å². The van der Waals surface area contributed by atoms with Crippen molar-refractivity contribution in [1.82, 2.24) is 15.2 Å². The molecule has 1 N–H and O–H groups in total. The second kappa shape index (κ2) is 9.53. The second-order valence-corrected chi connectivity index (χ2v) is 6.91. The van der Waals surface area contributed by atoms with Crippen molar-refractivity contribution >= 4 is 16.7 Å². The van der Waals surface area contributed by atoms with E-state index in [1.165, 1.54) is 30.0 Å². The largest absolute Gasteiger partial charge is 0.381 e. The smallest absolute Gasteiger partial charge is 0.194 e. The standard InChI is InChI=1S/C21H30N4O/c1-3-22-21(25(2)13-9-17-10-14-26-15-11-17)24-16-20-19-7-5-4-6-18(19)8-12-23-20/h4-8,12,17H,3,9-11,13-16H2,1-2H3,(H,22,24). The molecule has 5 nitrogen and oxygen atoms in total. The van der Waals surface area contributed by atoms with Crippen LogP contribution in [0.5, 0.6) is 0 Å². The Morgan fingerprint density at radius 2 is 2.08 bits per heavy atom. The van der Waals surface area contributed by atoms with Crippen molar-refractivity contribution in [2.24, 2.45) is 10.9 Å². The van der Waals surface area contributed by atoms with Crippen molar-refractivity contribution in [2.75, 3.05) is 33.4 Å². The monoisotopic (exact) mass is 354 g/mol. The number of aliphatic imine (C=N–C) groups is 1. The molecule has 1 aromatic heterocycles. The molecule has 26 heavy (non-hydrogen) atoms. The molecular formula is C21H30N4O. The average molecular weight is 354 g/mol. The zero-order valence-corrected chi connectivity index (χ0v) is 15.9. The van der Waals surface area contributed by atoms with Crippen LogP contribution in [0.2, 0.25) is 0 Å². The van der Waals surface area contributed by atoms with E-state index in [1.54, 1.807) is 0 Å². The Bertz CT molecular complexity index is 720. The summed E-state index contributed by atoms with van der Waals surface area (Å²) in [7, 11) is 2.12. The Balaban J connectivity index is 1.65. The highest BCUT2D eigenvalue weighted by atomic mass is 16.5. The molecule has 2 heterocycles. The molecule has 0 unspecified atom stereocenters. The SMILES string of the molecule is CCNC(=NCc1nccc2ccccc12)N(C)CCC1CCOCC1. The molecule has 0 bridgehead atoms. The lowest BCUT2D eigenvalue weighted by molar-refractivity contribution is 0.0625.